The Morgan fingerprint density at radius 1 is 1.23 bits per heavy atom. The van der Waals surface area contributed by atoms with Gasteiger partial charge < -0.3 is 0 Å². The Morgan fingerprint density at radius 2 is 2.00 bits per heavy atom. The molecule has 0 unspecified atom stereocenters. The number of rotatable bonds is 5. The summed E-state index contributed by atoms with van der Waals surface area (Å²) in [7, 11) is -3.83. The third kappa shape index (κ3) is 3.76. The predicted molar refractivity (Wildman–Crippen MR) is 101 cm³/mol. The summed E-state index contributed by atoms with van der Waals surface area (Å²) in [6.45, 7) is 3.42. The van der Waals surface area contributed by atoms with Crippen molar-refractivity contribution < 1.29 is 8.42 Å². The second kappa shape index (κ2) is 7.36. The van der Waals surface area contributed by atoms with Crippen molar-refractivity contribution in [3.8, 4) is 5.82 Å². The summed E-state index contributed by atoms with van der Waals surface area (Å²) in [6.07, 6.45) is 5.02. The fourth-order valence-corrected chi connectivity index (χ4v) is 4.67. The van der Waals surface area contributed by atoms with Gasteiger partial charge in [-0.05, 0) is 48.7 Å². The summed E-state index contributed by atoms with van der Waals surface area (Å²) >= 11 is 12.3. The van der Waals surface area contributed by atoms with Crippen molar-refractivity contribution in [1.29, 1.82) is 0 Å². The zero-order chi connectivity index (χ0) is 18.9. The molecule has 0 saturated carbocycles. The summed E-state index contributed by atoms with van der Waals surface area (Å²) in [5, 5.41) is 4.62. The number of hydrogen-bond donors (Lipinski definition) is 1. The van der Waals surface area contributed by atoms with E-state index in [2.05, 4.69) is 14.8 Å². The number of aryl methyl sites for hydroxylation is 1. The fourth-order valence-electron chi connectivity index (χ4n) is 2.44. The maximum atomic E-state index is 12.7. The Morgan fingerprint density at radius 3 is 2.62 bits per heavy atom. The average molecular weight is 411 g/mol. The summed E-state index contributed by atoms with van der Waals surface area (Å²) in [6, 6.07) is 6.99. The molecule has 26 heavy (non-hydrogen) atoms. The maximum absolute atomic E-state index is 12.7. The lowest BCUT2D eigenvalue weighted by Crippen LogP contribution is -2.24. The summed E-state index contributed by atoms with van der Waals surface area (Å²) in [5.74, 6) is 0.644. The molecule has 0 spiro atoms. The van der Waals surface area contributed by atoms with Gasteiger partial charge in [-0.2, -0.15) is 5.10 Å². The molecule has 0 fully saturated rings. The van der Waals surface area contributed by atoms with Gasteiger partial charge in [-0.3, -0.25) is 0 Å². The van der Waals surface area contributed by atoms with Crippen LogP contribution in [0.1, 0.15) is 16.7 Å². The van der Waals surface area contributed by atoms with E-state index in [0.29, 0.717) is 27.5 Å². The molecule has 0 aliphatic rings. The molecule has 2 aromatic heterocycles. The van der Waals surface area contributed by atoms with Gasteiger partial charge in [-0.15, -0.1) is 0 Å². The van der Waals surface area contributed by atoms with Crippen molar-refractivity contribution in [2.45, 2.75) is 25.3 Å². The number of aromatic nitrogens is 3. The number of sulfonamides is 1. The molecular weight excluding hydrogens is 395 g/mol. The molecule has 0 atom stereocenters. The van der Waals surface area contributed by atoms with Crippen LogP contribution >= 0.6 is 23.2 Å². The molecule has 9 heteroatoms. The van der Waals surface area contributed by atoms with Gasteiger partial charge in [0.15, 0.2) is 5.82 Å². The number of hydrogen-bond acceptors (Lipinski definition) is 4. The number of nitrogens with zero attached hydrogens (tertiary/aromatic N) is 3. The van der Waals surface area contributed by atoms with Crippen molar-refractivity contribution in [3.63, 3.8) is 0 Å². The topological polar surface area (TPSA) is 76.9 Å². The van der Waals surface area contributed by atoms with E-state index in [-0.39, 0.29) is 16.5 Å². The quantitative estimate of drug-likeness (QED) is 0.695. The Balaban J connectivity index is 1.81. The van der Waals surface area contributed by atoms with Gasteiger partial charge >= 0.3 is 0 Å². The Kier molecular flexibility index (Phi) is 5.34. The Hall–Kier alpha value is -1.93. The lowest BCUT2D eigenvalue weighted by molar-refractivity contribution is 0.580. The highest BCUT2D eigenvalue weighted by Gasteiger charge is 2.23. The average Bonchev–Trinajstić information content (AvgIpc) is 3.13. The fraction of sp³-hybridized carbons (Fsp3) is 0.176. The Bertz CT molecular complexity index is 1010. The molecule has 0 bridgehead atoms. The molecule has 6 nitrogen and oxygen atoms in total. The minimum atomic E-state index is -3.83. The van der Waals surface area contributed by atoms with Crippen LogP contribution in [0.4, 0.5) is 0 Å². The number of nitrogens with one attached hydrogen (secondary N) is 1. The van der Waals surface area contributed by atoms with Gasteiger partial charge in [0, 0.05) is 30.2 Å². The van der Waals surface area contributed by atoms with E-state index in [1.807, 2.05) is 0 Å². The smallest absolute Gasteiger partial charge is 0.237 e. The third-order valence-electron chi connectivity index (χ3n) is 3.87. The molecule has 0 saturated heterocycles. The monoisotopic (exact) mass is 410 g/mol. The van der Waals surface area contributed by atoms with E-state index in [1.54, 1.807) is 61.4 Å². The van der Waals surface area contributed by atoms with Crippen LogP contribution in [0.3, 0.4) is 0 Å². The molecule has 0 amide bonds. The van der Waals surface area contributed by atoms with Gasteiger partial charge in [0.25, 0.3) is 0 Å². The summed E-state index contributed by atoms with van der Waals surface area (Å²) in [4.78, 5) is 4.28. The highest BCUT2D eigenvalue weighted by molar-refractivity contribution is 7.89. The Labute approximate surface area is 161 Å². The van der Waals surface area contributed by atoms with Crippen LogP contribution in [-0.2, 0) is 16.6 Å². The first-order valence-electron chi connectivity index (χ1n) is 7.69. The third-order valence-corrected chi connectivity index (χ3v) is 6.43. The number of benzene rings is 1. The van der Waals surface area contributed by atoms with E-state index in [1.165, 1.54) is 0 Å². The minimum absolute atomic E-state index is 0.00490. The zero-order valence-corrected chi connectivity index (χ0v) is 16.4. The number of halogens is 2. The van der Waals surface area contributed by atoms with Crippen LogP contribution in [-0.4, -0.2) is 23.2 Å². The van der Waals surface area contributed by atoms with Crippen LogP contribution in [0.2, 0.25) is 10.0 Å². The normalized spacial score (nSPS) is 11.7. The van der Waals surface area contributed by atoms with Gasteiger partial charge in [-0.1, -0.05) is 29.3 Å². The van der Waals surface area contributed by atoms with Crippen molar-refractivity contribution in [1.82, 2.24) is 19.5 Å². The molecule has 1 aromatic carbocycles. The molecule has 0 radical (unpaired) electrons. The van der Waals surface area contributed by atoms with Gasteiger partial charge in [-0.25, -0.2) is 22.8 Å². The van der Waals surface area contributed by atoms with Crippen LogP contribution < -0.4 is 4.72 Å². The van der Waals surface area contributed by atoms with Crippen LogP contribution in [0.5, 0.6) is 0 Å². The largest absolute Gasteiger partial charge is 0.242 e. The first-order chi connectivity index (χ1) is 12.3. The van der Waals surface area contributed by atoms with Crippen LogP contribution in [0.25, 0.3) is 5.82 Å². The van der Waals surface area contributed by atoms with Gasteiger partial charge in [0.2, 0.25) is 10.0 Å². The highest BCUT2D eigenvalue weighted by Crippen LogP contribution is 2.33. The van der Waals surface area contributed by atoms with E-state index in [4.69, 9.17) is 23.2 Å². The van der Waals surface area contributed by atoms with Crippen molar-refractivity contribution in [2.75, 3.05) is 0 Å². The van der Waals surface area contributed by atoms with Crippen molar-refractivity contribution >= 4 is 33.2 Å². The lowest BCUT2D eigenvalue weighted by Gasteiger charge is -2.14. The molecule has 3 aromatic rings. The minimum Gasteiger partial charge on any atom is -0.237 e. The van der Waals surface area contributed by atoms with Crippen molar-refractivity contribution in [3.05, 3.63) is 69.6 Å². The van der Waals surface area contributed by atoms with E-state index in [9.17, 15) is 8.42 Å². The molecule has 1 N–H and O–H groups in total. The van der Waals surface area contributed by atoms with E-state index < -0.39 is 10.0 Å². The van der Waals surface area contributed by atoms with E-state index in [0.717, 1.165) is 0 Å². The second-order valence-electron chi connectivity index (χ2n) is 5.74. The molecule has 2 heterocycles. The molecule has 3 rings (SSSR count). The zero-order valence-electron chi connectivity index (χ0n) is 14.1. The van der Waals surface area contributed by atoms with Gasteiger partial charge in [0.05, 0.1) is 5.02 Å². The van der Waals surface area contributed by atoms with Gasteiger partial charge in [0.1, 0.15) is 4.90 Å². The molecule has 0 aliphatic carbocycles. The standard InChI is InChI=1S/C17H16Cl2N4O2S/c1-11-8-14(18)12(2)17(16(11)19)26(24,25)22-10-13-4-5-15(20-9-13)23-7-3-6-21-23/h3-9,22H,10H2,1-2H3. The predicted octanol–water partition coefficient (Wildman–Crippen LogP) is 3.67. The molecule has 136 valence electrons. The van der Waals surface area contributed by atoms with E-state index >= 15 is 0 Å². The van der Waals surface area contributed by atoms with Crippen LogP contribution in [0, 0.1) is 13.8 Å². The SMILES string of the molecule is Cc1cc(Cl)c(C)c(S(=O)(=O)NCc2ccc(-n3cccn3)nc2)c1Cl. The second-order valence-corrected chi connectivity index (χ2v) is 8.23. The first-order valence-corrected chi connectivity index (χ1v) is 9.93. The number of pyridine rings is 1. The van der Waals surface area contributed by atoms with Crippen LogP contribution in [0.15, 0.2) is 47.8 Å². The molecular formula is C17H16Cl2N4O2S. The molecule has 0 aliphatic heterocycles. The highest BCUT2D eigenvalue weighted by atomic mass is 35.5. The lowest BCUT2D eigenvalue weighted by atomic mass is 10.2. The first kappa shape index (κ1) is 18.8. The maximum Gasteiger partial charge on any atom is 0.242 e. The van der Waals surface area contributed by atoms with Crippen molar-refractivity contribution in [2.24, 2.45) is 0 Å². The summed E-state index contributed by atoms with van der Waals surface area (Å²) in [5.41, 5.74) is 1.73. The summed E-state index contributed by atoms with van der Waals surface area (Å²) < 4.78 is 29.6.